The molecule has 5 aromatic heterocycles. The smallest absolute Gasteiger partial charge is 0.201 e. The van der Waals surface area contributed by atoms with Crippen LogP contribution in [-0.2, 0) is 60.9 Å². The van der Waals surface area contributed by atoms with Gasteiger partial charge in [-0.25, -0.2) is 22.8 Å². The first kappa shape index (κ1) is 78.8. The molecule has 0 aliphatic heterocycles. The molecule has 10 aromatic rings. The van der Waals surface area contributed by atoms with Crippen LogP contribution < -0.4 is 22.8 Å². The minimum absolute atomic E-state index is 0.313. The predicted molar refractivity (Wildman–Crippen MR) is 419 cm³/mol. The van der Waals surface area contributed by atoms with E-state index in [1.54, 1.807) is 0 Å². The fraction of sp³-hybridized carbons (Fsp3) is 0.409. The van der Waals surface area contributed by atoms with E-state index >= 15 is 0 Å². The van der Waals surface area contributed by atoms with Gasteiger partial charge in [-0.2, -0.15) is 0 Å². The van der Waals surface area contributed by atoms with Crippen LogP contribution in [0.3, 0.4) is 0 Å². The SMILES string of the molecule is Cc1c[n+](C)c(-c2ccccc2C)cc1CC(C)(C)C.Cc1c[n+](C)c(-c2ccccc2C)cc1CC(C)C.Cc1cc(-c2ccccc2C)[n+](C)cc1CC(C)(C)C.Cc1cc(-c2ccccc2C)[n+](C)cc1CC(C)C.Cc1ccccc1-c1cc(C(C)C)c(C(C)C)c[n+]1C. The Morgan fingerprint density at radius 1 is 0.265 bits per heavy atom. The van der Waals surface area contributed by atoms with Crippen molar-refractivity contribution in [3.63, 3.8) is 0 Å². The Bertz CT molecular complexity index is 4290. The van der Waals surface area contributed by atoms with Crippen molar-refractivity contribution in [2.75, 3.05) is 0 Å². The number of aromatic nitrogens is 5. The maximum atomic E-state index is 2.38. The second-order valence-electron chi connectivity index (χ2n) is 32.1. The number of nitrogens with zero attached hydrogens (tertiary/aromatic N) is 5. The quantitative estimate of drug-likeness (QED) is 0.103. The van der Waals surface area contributed by atoms with Gasteiger partial charge in [0.25, 0.3) is 0 Å². The zero-order valence-corrected chi connectivity index (χ0v) is 66.2. The van der Waals surface area contributed by atoms with Crippen LogP contribution in [0, 0.1) is 85.0 Å². The van der Waals surface area contributed by atoms with E-state index in [0.717, 1.165) is 25.7 Å². The number of aryl methyl sites for hydroxylation is 14. The minimum Gasteiger partial charge on any atom is -0.201 e. The van der Waals surface area contributed by atoms with Gasteiger partial charge in [0.15, 0.2) is 31.0 Å². The molecule has 0 saturated carbocycles. The maximum Gasteiger partial charge on any atom is 0.212 e. The minimum atomic E-state index is 0.313. The van der Waals surface area contributed by atoms with Crippen molar-refractivity contribution in [2.24, 2.45) is 57.9 Å². The zero-order chi connectivity index (χ0) is 72.7. The van der Waals surface area contributed by atoms with Crippen molar-refractivity contribution in [2.45, 2.75) is 197 Å². The molecule has 0 aliphatic carbocycles. The summed E-state index contributed by atoms with van der Waals surface area (Å²) in [6.07, 6.45) is 15.9. The molecule has 0 N–H and O–H groups in total. The summed E-state index contributed by atoms with van der Waals surface area (Å²) in [6, 6.07) is 54.7. The number of rotatable bonds is 13. The van der Waals surface area contributed by atoms with Crippen LogP contribution in [0.2, 0.25) is 0 Å². The molecule has 10 rings (SSSR count). The molecule has 0 unspecified atom stereocenters. The number of benzene rings is 5. The Balaban J connectivity index is 0.000000193. The molecule has 0 fully saturated rings. The molecule has 5 heteroatoms. The average molecular weight is 1310 g/mol. The van der Waals surface area contributed by atoms with E-state index in [2.05, 4.69) is 400 Å². The highest BCUT2D eigenvalue weighted by Gasteiger charge is 2.24. The molecule has 98 heavy (non-hydrogen) atoms. The van der Waals surface area contributed by atoms with E-state index in [1.807, 2.05) is 0 Å². The Labute approximate surface area is 596 Å². The lowest BCUT2D eigenvalue weighted by atomic mass is 9.86. The summed E-state index contributed by atoms with van der Waals surface area (Å²) in [7, 11) is 10.7. The normalized spacial score (nSPS) is 11.4. The highest BCUT2D eigenvalue weighted by molar-refractivity contribution is 5.65. The van der Waals surface area contributed by atoms with E-state index in [9.17, 15) is 0 Å². The van der Waals surface area contributed by atoms with Gasteiger partial charge in [-0.15, -0.1) is 0 Å². The number of hydrogen-bond donors (Lipinski definition) is 0. The predicted octanol–water partition coefficient (Wildman–Crippen LogP) is 21.5. The van der Waals surface area contributed by atoms with Gasteiger partial charge < -0.3 is 0 Å². The molecule has 0 atom stereocenters. The summed E-state index contributed by atoms with van der Waals surface area (Å²) in [5.41, 5.74) is 34.7. The van der Waals surface area contributed by atoms with Crippen molar-refractivity contribution < 1.29 is 22.8 Å². The van der Waals surface area contributed by atoms with Gasteiger partial charge in [0.2, 0.25) is 28.5 Å². The molecule has 5 heterocycles. The molecule has 5 aromatic carbocycles. The zero-order valence-electron chi connectivity index (χ0n) is 66.2. The summed E-state index contributed by atoms with van der Waals surface area (Å²) in [4.78, 5) is 0. The van der Waals surface area contributed by atoms with E-state index in [0.29, 0.717) is 34.5 Å². The van der Waals surface area contributed by atoms with Crippen LogP contribution in [-0.4, -0.2) is 0 Å². The summed E-state index contributed by atoms with van der Waals surface area (Å²) in [6.45, 7) is 51.7. The van der Waals surface area contributed by atoms with Crippen molar-refractivity contribution in [1.82, 2.24) is 0 Å². The van der Waals surface area contributed by atoms with Crippen LogP contribution >= 0.6 is 0 Å². The maximum absolute atomic E-state index is 2.38. The van der Waals surface area contributed by atoms with Crippen molar-refractivity contribution in [3.05, 3.63) is 266 Å². The molecule has 518 valence electrons. The van der Waals surface area contributed by atoms with Crippen LogP contribution in [0.1, 0.15) is 192 Å². The largest absolute Gasteiger partial charge is 0.212 e. The summed E-state index contributed by atoms with van der Waals surface area (Å²) in [5, 5.41) is 0. The van der Waals surface area contributed by atoms with E-state index in [-0.39, 0.29) is 0 Å². The summed E-state index contributed by atoms with van der Waals surface area (Å²) in [5.74, 6) is 2.50. The van der Waals surface area contributed by atoms with Gasteiger partial charge in [0, 0.05) is 86.0 Å². The van der Waals surface area contributed by atoms with E-state index in [1.165, 1.54) is 140 Å². The lowest BCUT2D eigenvalue weighted by Crippen LogP contribution is -2.32. The molecule has 5 nitrogen and oxygen atoms in total. The van der Waals surface area contributed by atoms with E-state index < -0.39 is 0 Å². The first-order valence-corrected chi connectivity index (χ1v) is 36.2. The van der Waals surface area contributed by atoms with Gasteiger partial charge in [-0.05, 0) is 208 Å². The third-order valence-corrected chi connectivity index (χ3v) is 18.7. The Kier molecular flexibility index (Phi) is 28.2. The monoisotopic (exact) mass is 1310 g/mol. The highest BCUT2D eigenvalue weighted by Crippen LogP contribution is 2.32. The van der Waals surface area contributed by atoms with Gasteiger partial charge in [0.05, 0.1) is 0 Å². The molecule has 0 spiro atoms. The molecule has 0 saturated heterocycles. The third-order valence-electron chi connectivity index (χ3n) is 18.7. The van der Waals surface area contributed by atoms with Crippen LogP contribution in [0.4, 0.5) is 0 Å². The van der Waals surface area contributed by atoms with Gasteiger partial charge >= 0.3 is 0 Å². The fourth-order valence-corrected chi connectivity index (χ4v) is 13.4. The Morgan fingerprint density at radius 2 is 0.531 bits per heavy atom. The van der Waals surface area contributed by atoms with E-state index in [4.69, 9.17) is 0 Å². The lowest BCUT2D eigenvalue weighted by Gasteiger charge is -2.19. The summed E-state index contributed by atoms with van der Waals surface area (Å²) < 4.78 is 11.3. The first-order chi connectivity index (χ1) is 45.9. The first-order valence-electron chi connectivity index (χ1n) is 36.2. The van der Waals surface area contributed by atoms with Crippen LogP contribution in [0.15, 0.2) is 183 Å². The van der Waals surface area contributed by atoms with Crippen LogP contribution in [0.5, 0.6) is 0 Å². The van der Waals surface area contributed by atoms with Crippen molar-refractivity contribution >= 4 is 0 Å². The number of pyridine rings is 5. The Hall–Kier alpha value is -8.15. The van der Waals surface area contributed by atoms with Crippen molar-refractivity contribution in [3.8, 4) is 56.3 Å². The highest BCUT2D eigenvalue weighted by atomic mass is 14.9. The van der Waals surface area contributed by atoms with Gasteiger partial charge in [0.1, 0.15) is 35.2 Å². The number of hydrogen-bond acceptors (Lipinski definition) is 0. The topological polar surface area (TPSA) is 19.4 Å². The fourth-order valence-electron chi connectivity index (χ4n) is 13.4. The molecular formula is C93H126N5+5. The standard InChI is InChI=1S/3C19H26N.2C18H24N/c1-14-9-7-8-10-17(14)18-11-16(12-19(3,4)5)15(2)13-20(18)6;1-14-9-7-8-10-17(14)18-11-15(2)16(13-20(18)6)12-19(3,4)5;1-13(2)17-11-19(16-10-8-7-9-15(16)5)20(6)12-18(17)14(3)4;1-13(2)10-16-11-18(19(5)12-15(16)4)17-9-7-6-8-14(17)3;1-13(2)10-16-12-19(5)18(11-15(16)4)17-9-7-6-8-14(17)3/h2*7-11,13H,12H2,1-6H3;7-14H,1-6H3;2*6-9,11-13H,10H2,1-5H3/q5*+1. The molecule has 0 amide bonds. The van der Waals surface area contributed by atoms with Crippen molar-refractivity contribution in [1.29, 1.82) is 0 Å². The lowest BCUT2D eigenvalue weighted by molar-refractivity contribution is -0.661. The van der Waals surface area contributed by atoms with Crippen LogP contribution in [0.25, 0.3) is 56.3 Å². The second-order valence-corrected chi connectivity index (χ2v) is 32.1. The molecular weight excluding hydrogens is 1190 g/mol. The molecule has 0 radical (unpaired) electrons. The Morgan fingerprint density at radius 3 is 0.867 bits per heavy atom. The molecule has 0 aliphatic rings. The third kappa shape index (κ3) is 22.2. The second kappa shape index (κ2) is 35.1. The van der Waals surface area contributed by atoms with Gasteiger partial charge in [-0.3, -0.25) is 0 Å². The van der Waals surface area contributed by atoms with Gasteiger partial charge in [-0.1, -0.05) is 188 Å². The summed E-state index contributed by atoms with van der Waals surface area (Å²) >= 11 is 0. The molecule has 0 bridgehead atoms. The average Bonchev–Trinajstić information content (AvgIpc) is 0.828.